The van der Waals surface area contributed by atoms with Gasteiger partial charge in [0.15, 0.2) is 0 Å². The van der Waals surface area contributed by atoms with E-state index in [0.29, 0.717) is 0 Å². The van der Waals surface area contributed by atoms with E-state index in [-0.39, 0.29) is 0 Å². The van der Waals surface area contributed by atoms with Gasteiger partial charge in [-0.3, -0.25) is 0 Å². The van der Waals surface area contributed by atoms with Gasteiger partial charge in [-0.25, -0.2) is 0 Å². The van der Waals surface area contributed by atoms with Crippen LogP contribution in [0.1, 0.15) is 11.1 Å². The van der Waals surface area contributed by atoms with E-state index in [1.165, 1.54) is 5.56 Å². The van der Waals surface area contributed by atoms with Crippen molar-refractivity contribution in [1.82, 2.24) is 0 Å². The molecule has 0 aromatic heterocycles. The topological polar surface area (TPSA) is 0 Å². The van der Waals surface area contributed by atoms with E-state index < -0.39 is 0 Å². The van der Waals surface area contributed by atoms with E-state index in [4.69, 9.17) is 11.6 Å². The highest BCUT2D eigenvalue weighted by molar-refractivity contribution is 9.11. The predicted molar refractivity (Wildman–Crippen MR) is 53.9 cm³/mol. The average molecular weight is 232 g/mol. The Bertz CT molecular complexity index is 261. The minimum Gasteiger partial charge on any atom is -0.0831 e. The van der Waals surface area contributed by atoms with Gasteiger partial charge in [0.2, 0.25) is 0 Å². The lowest BCUT2D eigenvalue weighted by molar-refractivity contribution is 1.46. The molecule has 11 heavy (non-hydrogen) atoms. The number of aryl methyl sites for hydroxylation is 1. The van der Waals surface area contributed by atoms with Crippen molar-refractivity contribution in [2.75, 3.05) is 0 Å². The van der Waals surface area contributed by atoms with Gasteiger partial charge in [0.05, 0.1) is 5.03 Å². The Morgan fingerprint density at radius 3 is 2.36 bits per heavy atom. The van der Waals surface area contributed by atoms with Gasteiger partial charge < -0.3 is 0 Å². The molecule has 2 heteroatoms. The number of benzene rings is 1. The summed E-state index contributed by atoms with van der Waals surface area (Å²) in [5, 5.41) is 0.727. The molecular formula is C9H8BrCl. The summed E-state index contributed by atoms with van der Waals surface area (Å²) >= 11 is 9.03. The van der Waals surface area contributed by atoms with Crippen molar-refractivity contribution < 1.29 is 0 Å². The van der Waals surface area contributed by atoms with Gasteiger partial charge >= 0.3 is 0 Å². The molecule has 1 rings (SSSR count). The van der Waals surface area contributed by atoms with Crippen LogP contribution in [0.3, 0.4) is 0 Å². The van der Waals surface area contributed by atoms with Crippen LogP contribution in [-0.2, 0) is 0 Å². The van der Waals surface area contributed by atoms with Crippen molar-refractivity contribution in [2.45, 2.75) is 6.92 Å². The second-order valence-corrected chi connectivity index (χ2v) is 3.19. The molecule has 0 bridgehead atoms. The van der Waals surface area contributed by atoms with Crippen LogP contribution in [0.4, 0.5) is 0 Å². The quantitative estimate of drug-likeness (QED) is 0.687. The Hall–Kier alpha value is -0.270. The molecule has 0 aliphatic carbocycles. The summed E-state index contributed by atoms with van der Waals surface area (Å²) in [6.45, 7) is 2.05. The van der Waals surface area contributed by atoms with Crippen LogP contribution < -0.4 is 0 Å². The molecule has 0 radical (unpaired) electrons. The fraction of sp³-hybridized carbons (Fsp3) is 0.111. The van der Waals surface area contributed by atoms with Gasteiger partial charge in [-0.15, -0.1) is 0 Å². The highest BCUT2D eigenvalue weighted by Gasteiger charge is 1.94. The van der Waals surface area contributed by atoms with Crippen molar-refractivity contribution in [2.24, 2.45) is 0 Å². The minimum absolute atomic E-state index is 0.727. The van der Waals surface area contributed by atoms with Gasteiger partial charge in [0.25, 0.3) is 0 Å². The molecule has 0 fully saturated rings. The van der Waals surface area contributed by atoms with E-state index in [0.717, 1.165) is 10.6 Å². The number of rotatable bonds is 1. The summed E-state index contributed by atoms with van der Waals surface area (Å²) in [7, 11) is 0. The number of halogens is 2. The third-order valence-electron chi connectivity index (χ3n) is 1.42. The van der Waals surface area contributed by atoms with E-state index in [1.54, 1.807) is 4.99 Å². The van der Waals surface area contributed by atoms with Crippen molar-refractivity contribution in [3.63, 3.8) is 0 Å². The fourth-order valence-electron chi connectivity index (χ4n) is 0.776. The Balaban J connectivity index is 2.99. The molecule has 1 aromatic rings. The van der Waals surface area contributed by atoms with Crippen LogP contribution in [0.25, 0.3) is 5.03 Å². The molecule has 0 saturated heterocycles. The zero-order chi connectivity index (χ0) is 8.27. The number of hydrogen-bond donors (Lipinski definition) is 0. The van der Waals surface area contributed by atoms with Gasteiger partial charge in [-0.2, -0.15) is 0 Å². The monoisotopic (exact) mass is 230 g/mol. The third kappa shape index (κ3) is 2.35. The molecule has 1 aromatic carbocycles. The van der Waals surface area contributed by atoms with Crippen molar-refractivity contribution in [1.29, 1.82) is 0 Å². The second kappa shape index (κ2) is 3.93. The predicted octanol–water partition coefficient (Wildman–Crippen LogP) is 3.93. The Morgan fingerprint density at radius 2 is 1.91 bits per heavy atom. The van der Waals surface area contributed by atoms with Crippen molar-refractivity contribution >= 4 is 32.6 Å². The normalized spacial score (nSPS) is 11.7. The first kappa shape index (κ1) is 8.82. The zero-order valence-electron chi connectivity index (χ0n) is 6.14. The summed E-state index contributed by atoms with van der Waals surface area (Å²) in [5.74, 6) is 0. The summed E-state index contributed by atoms with van der Waals surface area (Å²) in [4.78, 5) is 1.71. The highest BCUT2D eigenvalue weighted by Crippen LogP contribution is 2.20. The fourth-order valence-corrected chi connectivity index (χ4v) is 1.17. The van der Waals surface area contributed by atoms with Crippen LogP contribution in [0.15, 0.2) is 29.3 Å². The van der Waals surface area contributed by atoms with Crippen LogP contribution >= 0.6 is 27.5 Å². The molecule has 0 N–H and O–H groups in total. The lowest BCUT2D eigenvalue weighted by atomic mass is 10.1. The van der Waals surface area contributed by atoms with Gasteiger partial charge in [-0.05, 0) is 12.5 Å². The standard InChI is InChI=1S/C9H8BrCl/c1-7-2-4-8(5-3-7)9(11)6-10/h2-6H,1H3/b9-6-. The summed E-state index contributed by atoms with van der Waals surface area (Å²) in [6, 6.07) is 8.06. The molecular weight excluding hydrogens is 223 g/mol. The molecule has 0 spiro atoms. The van der Waals surface area contributed by atoms with E-state index in [1.807, 2.05) is 24.3 Å². The first-order valence-corrected chi connectivity index (χ1v) is 4.56. The molecule has 0 saturated carbocycles. The van der Waals surface area contributed by atoms with E-state index >= 15 is 0 Å². The van der Waals surface area contributed by atoms with E-state index in [9.17, 15) is 0 Å². The van der Waals surface area contributed by atoms with Gasteiger partial charge in [0.1, 0.15) is 0 Å². The van der Waals surface area contributed by atoms with Gasteiger partial charge in [0, 0.05) is 4.99 Å². The van der Waals surface area contributed by atoms with E-state index in [2.05, 4.69) is 22.9 Å². The maximum atomic E-state index is 5.86. The Labute approximate surface area is 80.0 Å². The van der Waals surface area contributed by atoms with Crippen LogP contribution in [0, 0.1) is 6.92 Å². The first-order chi connectivity index (χ1) is 5.24. The van der Waals surface area contributed by atoms with Crippen molar-refractivity contribution in [3.05, 3.63) is 40.4 Å². The summed E-state index contributed by atoms with van der Waals surface area (Å²) in [5.41, 5.74) is 2.28. The van der Waals surface area contributed by atoms with Crippen molar-refractivity contribution in [3.8, 4) is 0 Å². The highest BCUT2D eigenvalue weighted by atomic mass is 79.9. The number of hydrogen-bond acceptors (Lipinski definition) is 0. The molecule has 0 nitrogen and oxygen atoms in total. The summed E-state index contributed by atoms with van der Waals surface area (Å²) < 4.78 is 0. The minimum atomic E-state index is 0.727. The lowest BCUT2D eigenvalue weighted by Gasteiger charge is -1.97. The molecule has 0 aliphatic rings. The lowest BCUT2D eigenvalue weighted by Crippen LogP contribution is -1.76. The molecule has 58 valence electrons. The first-order valence-electron chi connectivity index (χ1n) is 3.27. The molecule has 0 amide bonds. The second-order valence-electron chi connectivity index (χ2n) is 2.32. The molecule has 0 heterocycles. The zero-order valence-corrected chi connectivity index (χ0v) is 8.48. The van der Waals surface area contributed by atoms with Crippen LogP contribution in [0.5, 0.6) is 0 Å². The Kier molecular flexibility index (Phi) is 3.16. The smallest absolute Gasteiger partial charge is 0.0547 e. The molecule has 0 atom stereocenters. The SMILES string of the molecule is Cc1ccc(/C(Cl)=C/Br)cc1. The maximum absolute atomic E-state index is 5.86. The largest absolute Gasteiger partial charge is 0.0831 e. The third-order valence-corrected chi connectivity index (χ3v) is 2.47. The van der Waals surface area contributed by atoms with Crippen LogP contribution in [0.2, 0.25) is 0 Å². The maximum Gasteiger partial charge on any atom is 0.0547 e. The average Bonchev–Trinajstić information content (AvgIpc) is 2.05. The van der Waals surface area contributed by atoms with Crippen LogP contribution in [-0.4, -0.2) is 0 Å². The Morgan fingerprint density at radius 1 is 1.36 bits per heavy atom. The molecule has 0 aliphatic heterocycles. The van der Waals surface area contributed by atoms with Gasteiger partial charge in [-0.1, -0.05) is 57.4 Å². The molecule has 0 unspecified atom stereocenters. The summed E-state index contributed by atoms with van der Waals surface area (Å²) in [6.07, 6.45) is 0.